The first-order valence-corrected chi connectivity index (χ1v) is 14.4. The van der Waals surface area contributed by atoms with Crippen molar-refractivity contribution in [1.29, 1.82) is 0 Å². The Balaban J connectivity index is 1.75. The molecule has 0 aliphatic rings. The Bertz CT molecular complexity index is 911. The largest absolute Gasteiger partial charge is 0.339 e. The van der Waals surface area contributed by atoms with E-state index in [1.54, 1.807) is 0 Å². The van der Waals surface area contributed by atoms with Gasteiger partial charge in [0.15, 0.2) is 0 Å². The van der Waals surface area contributed by atoms with Crippen molar-refractivity contribution in [2.24, 2.45) is 5.92 Å². The van der Waals surface area contributed by atoms with Gasteiger partial charge in [0, 0.05) is 16.4 Å². The number of hydrogen-bond acceptors (Lipinski definition) is 1. The molecule has 0 spiro atoms. The lowest BCUT2D eigenvalue weighted by Crippen LogP contribution is -2.11. The van der Waals surface area contributed by atoms with Crippen LogP contribution in [-0.4, -0.2) is 4.57 Å². The van der Waals surface area contributed by atoms with Gasteiger partial charge in [-0.15, -0.1) is 11.3 Å². The van der Waals surface area contributed by atoms with Gasteiger partial charge in [0.25, 0.3) is 0 Å². The molecule has 0 N–H and O–H groups in total. The molecule has 4 heteroatoms. The second kappa shape index (κ2) is 12.6. The summed E-state index contributed by atoms with van der Waals surface area (Å²) in [5.41, 5.74) is 2.79. The zero-order valence-corrected chi connectivity index (χ0v) is 22.7. The van der Waals surface area contributed by atoms with E-state index in [0.29, 0.717) is 0 Å². The molecule has 2 aromatic heterocycles. The van der Waals surface area contributed by atoms with Crippen LogP contribution >= 0.6 is 43.2 Å². The highest BCUT2D eigenvalue weighted by molar-refractivity contribution is 9.11. The average molecular weight is 555 g/mol. The molecule has 0 bridgehead atoms. The summed E-state index contributed by atoms with van der Waals surface area (Å²) in [4.78, 5) is 0. The molecular formula is C26H37Br2NS. The highest BCUT2D eigenvalue weighted by Gasteiger charge is 2.17. The molecule has 166 valence electrons. The van der Waals surface area contributed by atoms with Crippen LogP contribution in [0.15, 0.2) is 32.5 Å². The minimum atomic E-state index is 0.782. The Morgan fingerprint density at radius 1 is 0.800 bits per heavy atom. The summed E-state index contributed by atoms with van der Waals surface area (Å²) >= 11 is 9.31. The van der Waals surface area contributed by atoms with E-state index in [-0.39, 0.29) is 0 Å². The molecule has 0 saturated heterocycles. The van der Waals surface area contributed by atoms with Gasteiger partial charge in [-0.05, 0) is 52.9 Å². The van der Waals surface area contributed by atoms with Crippen LogP contribution in [0.3, 0.4) is 0 Å². The maximum atomic E-state index is 3.73. The first kappa shape index (κ1) is 24.3. The van der Waals surface area contributed by atoms with Crippen LogP contribution in [0.2, 0.25) is 0 Å². The Kier molecular flexibility index (Phi) is 10.3. The molecule has 0 fully saturated rings. The minimum absolute atomic E-state index is 0.782. The van der Waals surface area contributed by atoms with Crippen LogP contribution in [0.5, 0.6) is 0 Å². The fourth-order valence-corrected chi connectivity index (χ4v) is 6.62. The van der Waals surface area contributed by atoms with Crippen molar-refractivity contribution in [3.63, 3.8) is 0 Å². The predicted octanol–water partition coefficient (Wildman–Crippen LogP) is 10.7. The van der Waals surface area contributed by atoms with Gasteiger partial charge in [0.1, 0.15) is 0 Å². The molecule has 1 nitrogen and oxygen atoms in total. The van der Waals surface area contributed by atoms with E-state index in [2.05, 4.69) is 74.5 Å². The molecule has 3 aromatic rings. The van der Waals surface area contributed by atoms with E-state index in [1.165, 1.54) is 106 Å². The van der Waals surface area contributed by atoms with E-state index >= 15 is 0 Å². The summed E-state index contributed by atoms with van der Waals surface area (Å²) in [7, 11) is 0. The van der Waals surface area contributed by atoms with Crippen molar-refractivity contribution in [3.05, 3.63) is 32.5 Å². The van der Waals surface area contributed by atoms with Gasteiger partial charge in [0.05, 0.1) is 19.5 Å². The normalized spacial score (nSPS) is 12.9. The molecule has 1 unspecified atom stereocenters. The summed E-state index contributed by atoms with van der Waals surface area (Å²) in [6.45, 7) is 5.76. The number of halogens is 2. The van der Waals surface area contributed by atoms with E-state index in [1.807, 2.05) is 11.3 Å². The van der Waals surface area contributed by atoms with E-state index in [0.717, 1.165) is 12.5 Å². The van der Waals surface area contributed by atoms with Gasteiger partial charge < -0.3 is 4.57 Å². The van der Waals surface area contributed by atoms with Gasteiger partial charge >= 0.3 is 0 Å². The van der Waals surface area contributed by atoms with Gasteiger partial charge in [-0.2, -0.15) is 0 Å². The van der Waals surface area contributed by atoms with Crippen LogP contribution in [0.25, 0.3) is 21.1 Å². The third-order valence-electron chi connectivity index (χ3n) is 6.34. The lowest BCUT2D eigenvalue weighted by molar-refractivity contribution is 0.365. The maximum Gasteiger partial charge on any atom is 0.0726 e. The minimum Gasteiger partial charge on any atom is -0.339 e. The highest BCUT2D eigenvalue weighted by atomic mass is 79.9. The molecule has 30 heavy (non-hydrogen) atoms. The summed E-state index contributed by atoms with van der Waals surface area (Å²) in [6.07, 6.45) is 16.6. The molecule has 0 amide bonds. The number of benzene rings is 1. The molecule has 0 aliphatic carbocycles. The van der Waals surface area contributed by atoms with Gasteiger partial charge in [-0.25, -0.2) is 0 Å². The van der Waals surface area contributed by atoms with Crippen molar-refractivity contribution in [3.8, 4) is 0 Å². The summed E-state index contributed by atoms with van der Waals surface area (Å²) < 4.78 is 6.45. The van der Waals surface area contributed by atoms with Crippen LogP contribution in [0.1, 0.15) is 90.9 Å². The zero-order chi connectivity index (χ0) is 21.3. The Morgan fingerprint density at radius 2 is 1.43 bits per heavy atom. The highest BCUT2D eigenvalue weighted by Crippen LogP contribution is 2.39. The van der Waals surface area contributed by atoms with E-state index in [9.17, 15) is 0 Å². The van der Waals surface area contributed by atoms with E-state index in [4.69, 9.17) is 0 Å². The molecular weight excluding hydrogens is 518 g/mol. The average Bonchev–Trinajstić information content (AvgIpc) is 3.23. The first-order chi connectivity index (χ1) is 14.6. The molecule has 2 heterocycles. The van der Waals surface area contributed by atoms with Crippen molar-refractivity contribution in [2.75, 3.05) is 0 Å². The number of rotatable bonds is 14. The molecule has 1 atom stereocenters. The molecule has 3 rings (SSSR count). The lowest BCUT2D eigenvalue weighted by atomic mass is 9.94. The van der Waals surface area contributed by atoms with Gasteiger partial charge in [-0.3, -0.25) is 0 Å². The van der Waals surface area contributed by atoms with Crippen LogP contribution in [0.4, 0.5) is 0 Å². The van der Waals surface area contributed by atoms with Crippen LogP contribution in [0, 0.1) is 5.92 Å². The quantitative estimate of drug-likeness (QED) is 0.174. The van der Waals surface area contributed by atoms with E-state index < -0.39 is 0 Å². The van der Waals surface area contributed by atoms with Crippen LogP contribution < -0.4 is 0 Å². The molecule has 1 aromatic carbocycles. The maximum absolute atomic E-state index is 3.73. The fourth-order valence-electron chi connectivity index (χ4n) is 4.65. The summed E-state index contributed by atoms with van der Waals surface area (Å²) in [5.74, 6) is 0.782. The SMILES string of the molecule is CCCCCCCCC(CCCCCC)Cn1c2cc(Br)ccc2c2sc(Br)cc21. The number of thiophene rings is 1. The molecule has 0 aliphatic heterocycles. The second-order valence-electron chi connectivity index (χ2n) is 8.81. The molecule has 0 saturated carbocycles. The number of unbranched alkanes of at least 4 members (excludes halogenated alkanes) is 8. The topological polar surface area (TPSA) is 4.93 Å². The second-order valence-corrected chi connectivity index (χ2v) is 12.2. The smallest absolute Gasteiger partial charge is 0.0726 e. The van der Waals surface area contributed by atoms with Crippen molar-refractivity contribution < 1.29 is 0 Å². The number of aromatic nitrogens is 1. The van der Waals surface area contributed by atoms with Crippen LogP contribution in [-0.2, 0) is 6.54 Å². The van der Waals surface area contributed by atoms with Gasteiger partial charge in [0.2, 0.25) is 0 Å². The molecule has 0 radical (unpaired) electrons. The Hall–Kier alpha value is -0.320. The number of nitrogens with zero attached hydrogens (tertiary/aromatic N) is 1. The summed E-state index contributed by atoms with van der Waals surface area (Å²) in [5, 5.41) is 1.40. The lowest BCUT2D eigenvalue weighted by Gasteiger charge is -2.19. The standard InChI is InChI=1S/C26H37Br2NS/c1-3-5-7-9-10-12-14-20(13-11-8-6-4-2)19-29-23-17-21(27)15-16-22(23)26-24(29)18-25(28)30-26/h15-18,20H,3-14,19H2,1-2H3. The Labute approximate surface area is 203 Å². The zero-order valence-electron chi connectivity index (χ0n) is 18.7. The number of hydrogen-bond donors (Lipinski definition) is 0. The summed E-state index contributed by atoms with van der Waals surface area (Å²) in [6, 6.07) is 9.10. The first-order valence-electron chi connectivity index (χ1n) is 12.0. The monoisotopic (exact) mass is 553 g/mol. The Morgan fingerprint density at radius 3 is 2.13 bits per heavy atom. The predicted molar refractivity (Wildman–Crippen MR) is 143 cm³/mol. The fraction of sp³-hybridized carbons (Fsp3) is 0.615. The third-order valence-corrected chi connectivity index (χ3v) is 8.49. The third kappa shape index (κ3) is 6.59. The van der Waals surface area contributed by atoms with Gasteiger partial charge in [-0.1, -0.05) is 100 Å². The van der Waals surface area contributed by atoms with Crippen molar-refractivity contribution in [2.45, 2.75) is 97.4 Å². The number of fused-ring (bicyclic) bond motifs is 3. The van der Waals surface area contributed by atoms with Crippen molar-refractivity contribution >= 4 is 64.3 Å². The van der Waals surface area contributed by atoms with Crippen molar-refractivity contribution in [1.82, 2.24) is 4.57 Å².